The van der Waals surface area contributed by atoms with Crippen LogP contribution in [0.3, 0.4) is 0 Å². The van der Waals surface area contributed by atoms with Crippen LogP contribution in [0.5, 0.6) is 0 Å². The van der Waals surface area contributed by atoms with E-state index in [0.717, 1.165) is 17.1 Å². The van der Waals surface area contributed by atoms with Crippen molar-refractivity contribution in [1.29, 1.82) is 0 Å². The van der Waals surface area contributed by atoms with Gasteiger partial charge in [0.2, 0.25) is 5.91 Å². The van der Waals surface area contributed by atoms with Gasteiger partial charge in [0, 0.05) is 24.7 Å². The fourth-order valence-corrected chi connectivity index (χ4v) is 3.13. The van der Waals surface area contributed by atoms with Gasteiger partial charge >= 0.3 is 0 Å². The maximum Gasteiger partial charge on any atom is 0.276 e. The maximum absolute atomic E-state index is 13.1. The molecule has 0 bridgehead atoms. The van der Waals surface area contributed by atoms with Crippen LogP contribution in [-0.2, 0) is 11.3 Å². The molecule has 0 unspecified atom stereocenters. The van der Waals surface area contributed by atoms with Gasteiger partial charge in [-0.15, -0.1) is 11.7 Å². The van der Waals surface area contributed by atoms with Crippen LogP contribution in [0, 0.1) is 0 Å². The molecule has 0 aliphatic carbocycles. The summed E-state index contributed by atoms with van der Waals surface area (Å²) in [6, 6.07) is 13.9. The first-order valence-electron chi connectivity index (χ1n) is 8.62. The lowest BCUT2D eigenvalue weighted by Crippen LogP contribution is -2.44. The van der Waals surface area contributed by atoms with Crippen LogP contribution in [0.25, 0.3) is 0 Å². The summed E-state index contributed by atoms with van der Waals surface area (Å²) >= 11 is 1.08. The predicted octanol–water partition coefficient (Wildman–Crippen LogP) is 2.62. The van der Waals surface area contributed by atoms with Gasteiger partial charge in [0.1, 0.15) is 0 Å². The Bertz CT molecular complexity index is 916. The SMILES string of the molecule is C=CCN(C(=O)c1csnn1)[C@H](C(=O)NCc1ccccc1)c1ccccn1. The molecule has 1 aromatic carbocycles. The number of benzene rings is 1. The third kappa shape index (κ3) is 4.66. The molecule has 0 aliphatic heterocycles. The van der Waals surface area contributed by atoms with Gasteiger partial charge in [-0.2, -0.15) is 0 Å². The summed E-state index contributed by atoms with van der Waals surface area (Å²) in [5, 5.41) is 8.29. The molecule has 0 spiro atoms. The topological polar surface area (TPSA) is 88.1 Å². The molecule has 2 heterocycles. The summed E-state index contributed by atoms with van der Waals surface area (Å²) in [6.45, 7) is 4.22. The highest BCUT2D eigenvalue weighted by Gasteiger charge is 2.33. The van der Waals surface area contributed by atoms with Crippen LogP contribution < -0.4 is 5.32 Å². The maximum atomic E-state index is 13.1. The highest BCUT2D eigenvalue weighted by atomic mass is 32.1. The van der Waals surface area contributed by atoms with Crippen LogP contribution in [0.1, 0.15) is 27.8 Å². The van der Waals surface area contributed by atoms with Crippen molar-refractivity contribution in [3.63, 3.8) is 0 Å². The lowest BCUT2D eigenvalue weighted by Gasteiger charge is -2.29. The summed E-state index contributed by atoms with van der Waals surface area (Å²) in [5.41, 5.74) is 1.61. The second kappa shape index (κ2) is 9.52. The lowest BCUT2D eigenvalue weighted by molar-refractivity contribution is -0.126. The van der Waals surface area contributed by atoms with Gasteiger partial charge in [-0.25, -0.2) is 0 Å². The molecule has 1 N–H and O–H groups in total. The number of hydrogen-bond donors (Lipinski definition) is 1. The third-order valence-electron chi connectivity index (χ3n) is 4.00. The largest absolute Gasteiger partial charge is 0.350 e. The van der Waals surface area contributed by atoms with Crippen LogP contribution >= 0.6 is 11.5 Å². The number of pyridine rings is 1. The van der Waals surface area contributed by atoms with Crippen molar-refractivity contribution in [3.8, 4) is 0 Å². The van der Waals surface area contributed by atoms with Gasteiger partial charge in [0.05, 0.1) is 5.69 Å². The van der Waals surface area contributed by atoms with Gasteiger partial charge in [-0.3, -0.25) is 14.6 Å². The average Bonchev–Trinajstić information content (AvgIpc) is 3.28. The highest BCUT2D eigenvalue weighted by molar-refractivity contribution is 7.03. The zero-order valence-electron chi connectivity index (χ0n) is 15.1. The number of rotatable bonds is 8. The number of carbonyl (C=O) groups excluding carboxylic acids is 2. The molecule has 0 radical (unpaired) electrons. The smallest absolute Gasteiger partial charge is 0.276 e. The third-order valence-corrected chi connectivity index (χ3v) is 4.51. The van der Waals surface area contributed by atoms with E-state index in [1.165, 1.54) is 4.90 Å². The van der Waals surface area contributed by atoms with Gasteiger partial charge < -0.3 is 10.2 Å². The summed E-state index contributed by atoms with van der Waals surface area (Å²) in [4.78, 5) is 31.8. The molecule has 28 heavy (non-hydrogen) atoms. The molecule has 0 aliphatic rings. The Labute approximate surface area is 166 Å². The second-order valence-electron chi connectivity index (χ2n) is 5.90. The molecule has 3 rings (SSSR count). The molecule has 142 valence electrons. The molecule has 2 aromatic heterocycles. The number of hydrogen-bond acceptors (Lipinski definition) is 6. The summed E-state index contributed by atoms with van der Waals surface area (Å²) in [5.74, 6) is -0.736. The fraction of sp³-hybridized carbons (Fsp3) is 0.150. The van der Waals surface area contributed by atoms with Gasteiger partial charge in [-0.1, -0.05) is 47.0 Å². The Morgan fingerprint density at radius 2 is 1.96 bits per heavy atom. The zero-order chi connectivity index (χ0) is 19.8. The van der Waals surface area contributed by atoms with E-state index in [0.29, 0.717) is 12.2 Å². The second-order valence-corrected chi connectivity index (χ2v) is 6.51. The molecule has 0 fully saturated rings. The molecule has 0 saturated heterocycles. The van der Waals surface area contributed by atoms with E-state index in [1.54, 1.807) is 35.9 Å². The van der Waals surface area contributed by atoms with Crippen molar-refractivity contribution in [2.75, 3.05) is 6.54 Å². The molecule has 7 nitrogen and oxygen atoms in total. The van der Waals surface area contributed by atoms with Crippen molar-refractivity contribution in [2.24, 2.45) is 0 Å². The minimum absolute atomic E-state index is 0.163. The van der Waals surface area contributed by atoms with E-state index in [4.69, 9.17) is 0 Å². The number of nitrogens with one attached hydrogen (secondary N) is 1. The van der Waals surface area contributed by atoms with Gasteiger partial charge in [-0.05, 0) is 29.2 Å². The Hall–Kier alpha value is -3.39. The molecule has 2 amide bonds. The van der Waals surface area contributed by atoms with Crippen LogP contribution in [0.2, 0.25) is 0 Å². The van der Waals surface area contributed by atoms with Crippen molar-refractivity contribution >= 4 is 23.3 Å². The lowest BCUT2D eigenvalue weighted by atomic mass is 10.1. The Balaban J connectivity index is 1.89. The zero-order valence-corrected chi connectivity index (χ0v) is 15.9. The molecule has 8 heteroatoms. The quantitative estimate of drug-likeness (QED) is 0.595. The molecule has 0 saturated carbocycles. The van der Waals surface area contributed by atoms with Crippen molar-refractivity contribution in [3.05, 3.63) is 89.7 Å². The first-order chi connectivity index (χ1) is 13.7. The normalized spacial score (nSPS) is 11.4. The van der Waals surface area contributed by atoms with Crippen molar-refractivity contribution in [2.45, 2.75) is 12.6 Å². The van der Waals surface area contributed by atoms with Crippen LogP contribution in [0.4, 0.5) is 0 Å². The Morgan fingerprint density at radius 1 is 1.18 bits per heavy atom. The standard InChI is InChI=1S/C20H19N5O2S/c1-2-12-25(20(27)17-14-28-24-23-17)18(16-10-6-7-11-21-16)19(26)22-13-15-8-4-3-5-9-15/h2-11,14,18H,1,12-13H2,(H,22,26)/t18-/m0/s1. The molecular formula is C20H19N5O2S. The monoisotopic (exact) mass is 393 g/mol. The average molecular weight is 393 g/mol. The fourth-order valence-electron chi connectivity index (χ4n) is 2.70. The Morgan fingerprint density at radius 3 is 2.61 bits per heavy atom. The summed E-state index contributed by atoms with van der Waals surface area (Å²) in [6.07, 6.45) is 3.16. The van der Waals surface area contributed by atoms with E-state index in [-0.39, 0.29) is 18.1 Å². The molecular weight excluding hydrogens is 374 g/mol. The van der Waals surface area contributed by atoms with E-state index >= 15 is 0 Å². The van der Waals surface area contributed by atoms with Gasteiger partial charge in [0.15, 0.2) is 11.7 Å². The number of carbonyl (C=O) groups is 2. The molecule has 3 aromatic rings. The molecule has 1 atom stereocenters. The first-order valence-corrected chi connectivity index (χ1v) is 9.46. The number of aromatic nitrogens is 3. The van der Waals surface area contributed by atoms with E-state index < -0.39 is 11.9 Å². The predicted molar refractivity (Wildman–Crippen MR) is 106 cm³/mol. The number of nitrogens with zero attached hydrogens (tertiary/aromatic N) is 4. The highest BCUT2D eigenvalue weighted by Crippen LogP contribution is 2.22. The van der Waals surface area contributed by atoms with E-state index in [9.17, 15) is 9.59 Å². The first kappa shape index (κ1) is 19.4. The van der Waals surface area contributed by atoms with Crippen molar-refractivity contribution < 1.29 is 9.59 Å². The van der Waals surface area contributed by atoms with Crippen LogP contribution in [-0.4, -0.2) is 37.8 Å². The van der Waals surface area contributed by atoms with Crippen molar-refractivity contribution in [1.82, 2.24) is 24.8 Å². The van der Waals surface area contributed by atoms with Gasteiger partial charge in [0.25, 0.3) is 5.91 Å². The minimum Gasteiger partial charge on any atom is -0.350 e. The Kier molecular flexibility index (Phi) is 6.59. The van der Waals surface area contributed by atoms with E-state index in [1.807, 2.05) is 30.3 Å². The number of amides is 2. The van der Waals surface area contributed by atoms with E-state index in [2.05, 4.69) is 26.5 Å². The summed E-state index contributed by atoms with van der Waals surface area (Å²) < 4.78 is 3.74. The van der Waals surface area contributed by atoms with Crippen LogP contribution in [0.15, 0.2) is 72.8 Å². The summed E-state index contributed by atoms with van der Waals surface area (Å²) in [7, 11) is 0. The minimum atomic E-state index is -0.919.